The van der Waals surface area contributed by atoms with E-state index in [1.54, 1.807) is 25.2 Å². The largest absolute Gasteiger partial charge is 0.439 e. The van der Waals surface area contributed by atoms with Crippen molar-refractivity contribution in [3.63, 3.8) is 0 Å². The van der Waals surface area contributed by atoms with Crippen molar-refractivity contribution in [3.8, 4) is 11.6 Å². The van der Waals surface area contributed by atoms with Crippen LogP contribution in [0.2, 0.25) is 5.02 Å². The van der Waals surface area contributed by atoms with Crippen LogP contribution < -0.4 is 10.1 Å². The Labute approximate surface area is 123 Å². The molecule has 0 fully saturated rings. The highest BCUT2D eigenvalue weighted by molar-refractivity contribution is 9.10. The third kappa shape index (κ3) is 3.89. The van der Waals surface area contributed by atoms with Gasteiger partial charge in [0, 0.05) is 23.2 Å². The van der Waals surface area contributed by atoms with Gasteiger partial charge in [0.1, 0.15) is 11.6 Å². The first-order chi connectivity index (χ1) is 9.08. The van der Waals surface area contributed by atoms with Gasteiger partial charge < -0.3 is 10.1 Å². The molecule has 2 aromatic rings. The second-order valence-corrected chi connectivity index (χ2v) is 5.14. The second kappa shape index (κ2) is 6.32. The van der Waals surface area contributed by atoms with E-state index in [9.17, 15) is 4.39 Å². The molecular weight excluding hydrogens is 335 g/mol. The van der Waals surface area contributed by atoms with E-state index in [4.69, 9.17) is 16.3 Å². The van der Waals surface area contributed by atoms with Crippen LogP contribution >= 0.6 is 27.5 Å². The molecule has 19 heavy (non-hydrogen) atoms. The molecule has 100 valence electrons. The zero-order chi connectivity index (χ0) is 13.8. The molecule has 0 bridgehead atoms. The molecule has 0 spiro atoms. The maximum atomic E-state index is 13.2. The van der Waals surface area contributed by atoms with E-state index in [0.717, 1.165) is 0 Å². The smallest absolute Gasteiger partial charge is 0.219 e. The highest BCUT2D eigenvalue weighted by Crippen LogP contribution is 2.26. The maximum Gasteiger partial charge on any atom is 0.219 e. The normalized spacial score (nSPS) is 10.5. The molecule has 0 radical (unpaired) electrons. The summed E-state index contributed by atoms with van der Waals surface area (Å²) in [5.41, 5.74) is 0.678. The monoisotopic (exact) mass is 344 g/mol. The Kier molecular flexibility index (Phi) is 4.74. The number of ether oxygens (including phenoxy) is 1. The lowest BCUT2D eigenvalue weighted by molar-refractivity contribution is 0.455. The summed E-state index contributed by atoms with van der Waals surface area (Å²) in [5, 5.41) is 3.52. The van der Waals surface area contributed by atoms with Crippen LogP contribution in [-0.2, 0) is 6.54 Å². The van der Waals surface area contributed by atoms with Crippen LogP contribution in [0.1, 0.15) is 5.69 Å². The fourth-order valence-corrected chi connectivity index (χ4v) is 2.14. The van der Waals surface area contributed by atoms with Crippen LogP contribution in [0, 0.1) is 5.82 Å². The third-order valence-corrected chi connectivity index (χ3v) is 3.10. The highest BCUT2D eigenvalue weighted by atomic mass is 79.9. The summed E-state index contributed by atoms with van der Waals surface area (Å²) in [7, 11) is 1.80. The second-order valence-electron chi connectivity index (χ2n) is 3.82. The fourth-order valence-electron chi connectivity index (χ4n) is 1.52. The molecule has 1 aromatic heterocycles. The first-order valence-electron chi connectivity index (χ1n) is 5.52. The lowest BCUT2D eigenvalue weighted by Crippen LogP contribution is -2.07. The molecular formula is C13H11BrClFN2O. The minimum Gasteiger partial charge on any atom is -0.439 e. The predicted octanol–water partition coefficient (Wildman–Crippen LogP) is 4.15. The quantitative estimate of drug-likeness (QED) is 0.904. The van der Waals surface area contributed by atoms with Gasteiger partial charge in [0.05, 0.1) is 10.7 Å². The van der Waals surface area contributed by atoms with Gasteiger partial charge in [-0.2, -0.15) is 0 Å². The van der Waals surface area contributed by atoms with Crippen LogP contribution in [-0.4, -0.2) is 12.0 Å². The van der Waals surface area contributed by atoms with Crippen LogP contribution in [0.25, 0.3) is 0 Å². The molecule has 1 aromatic carbocycles. The standard InChI is InChI=1S/C13H11BrClFN2O/c1-17-7-12-11(15)2-3-13(18-12)19-10-5-8(14)4-9(16)6-10/h2-6,17H,7H2,1H3. The topological polar surface area (TPSA) is 34.2 Å². The van der Waals surface area contributed by atoms with Crippen molar-refractivity contribution < 1.29 is 9.13 Å². The zero-order valence-corrected chi connectivity index (χ0v) is 12.4. The van der Waals surface area contributed by atoms with E-state index in [1.807, 2.05) is 0 Å². The fraction of sp³-hybridized carbons (Fsp3) is 0.154. The predicted molar refractivity (Wildman–Crippen MR) is 76.2 cm³/mol. The Hall–Kier alpha value is -1.17. The van der Waals surface area contributed by atoms with Crippen molar-refractivity contribution in [3.05, 3.63) is 51.3 Å². The van der Waals surface area contributed by atoms with Crippen LogP contribution in [0.4, 0.5) is 4.39 Å². The molecule has 0 saturated heterocycles. The van der Waals surface area contributed by atoms with Gasteiger partial charge in [-0.3, -0.25) is 0 Å². The minimum absolute atomic E-state index is 0.368. The van der Waals surface area contributed by atoms with Gasteiger partial charge in [-0.15, -0.1) is 0 Å². The molecule has 0 aliphatic carbocycles. The minimum atomic E-state index is -0.381. The summed E-state index contributed by atoms with van der Waals surface area (Å²) in [6, 6.07) is 7.65. The number of hydrogen-bond acceptors (Lipinski definition) is 3. The molecule has 3 nitrogen and oxygen atoms in total. The summed E-state index contributed by atoms with van der Waals surface area (Å²) in [4.78, 5) is 4.26. The van der Waals surface area contributed by atoms with Crippen LogP contribution in [0.5, 0.6) is 11.6 Å². The zero-order valence-electron chi connectivity index (χ0n) is 10.1. The van der Waals surface area contributed by atoms with E-state index < -0.39 is 0 Å². The third-order valence-electron chi connectivity index (χ3n) is 2.30. The van der Waals surface area contributed by atoms with Crippen LogP contribution in [0.15, 0.2) is 34.8 Å². The van der Waals surface area contributed by atoms with Crippen LogP contribution in [0.3, 0.4) is 0 Å². The highest BCUT2D eigenvalue weighted by Gasteiger charge is 2.06. The molecule has 6 heteroatoms. The summed E-state index contributed by atoms with van der Waals surface area (Å²) in [5.74, 6) is 0.359. The van der Waals surface area contributed by atoms with E-state index in [0.29, 0.717) is 33.4 Å². The number of nitrogens with one attached hydrogen (secondary N) is 1. The molecule has 0 aliphatic heterocycles. The number of hydrogen-bond donors (Lipinski definition) is 1. The average molecular weight is 346 g/mol. The number of aromatic nitrogens is 1. The van der Waals surface area contributed by atoms with Crippen molar-refractivity contribution in [2.24, 2.45) is 0 Å². The summed E-state index contributed by atoms with van der Waals surface area (Å²) >= 11 is 9.21. The number of rotatable bonds is 4. The first-order valence-corrected chi connectivity index (χ1v) is 6.69. The van der Waals surface area contributed by atoms with E-state index in [2.05, 4.69) is 26.2 Å². The van der Waals surface area contributed by atoms with Gasteiger partial charge in [-0.25, -0.2) is 9.37 Å². The Morgan fingerprint density at radius 1 is 1.37 bits per heavy atom. The summed E-state index contributed by atoms with van der Waals surface area (Å²) in [6.45, 7) is 0.531. The average Bonchev–Trinajstić information content (AvgIpc) is 2.32. The molecule has 0 saturated carbocycles. The Morgan fingerprint density at radius 2 is 2.16 bits per heavy atom. The lowest BCUT2D eigenvalue weighted by atomic mass is 10.3. The van der Waals surface area contributed by atoms with E-state index in [-0.39, 0.29) is 5.82 Å². The molecule has 1 heterocycles. The van der Waals surface area contributed by atoms with E-state index >= 15 is 0 Å². The SMILES string of the molecule is CNCc1nc(Oc2cc(F)cc(Br)c2)ccc1Cl. The molecule has 0 amide bonds. The summed E-state index contributed by atoms with van der Waals surface area (Å²) < 4.78 is 19.4. The molecule has 0 atom stereocenters. The van der Waals surface area contributed by atoms with Gasteiger partial charge in [0.15, 0.2) is 0 Å². The lowest BCUT2D eigenvalue weighted by Gasteiger charge is -2.08. The van der Waals surface area contributed by atoms with Gasteiger partial charge in [-0.1, -0.05) is 27.5 Å². The Bertz CT molecular complexity index is 575. The Morgan fingerprint density at radius 3 is 2.84 bits per heavy atom. The van der Waals surface area contributed by atoms with Gasteiger partial charge >= 0.3 is 0 Å². The van der Waals surface area contributed by atoms with Crippen molar-refractivity contribution in [1.82, 2.24) is 10.3 Å². The van der Waals surface area contributed by atoms with Gasteiger partial charge in [0.25, 0.3) is 0 Å². The van der Waals surface area contributed by atoms with Crippen molar-refractivity contribution >= 4 is 27.5 Å². The molecule has 1 N–H and O–H groups in total. The van der Waals surface area contributed by atoms with Crippen molar-refractivity contribution in [1.29, 1.82) is 0 Å². The van der Waals surface area contributed by atoms with Crippen molar-refractivity contribution in [2.45, 2.75) is 6.54 Å². The van der Waals surface area contributed by atoms with E-state index in [1.165, 1.54) is 12.1 Å². The molecule has 0 unspecified atom stereocenters. The number of nitrogens with zero attached hydrogens (tertiary/aromatic N) is 1. The van der Waals surface area contributed by atoms with Gasteiger partial charge in [-0.05, 0) is 25.2 Å². The number of benzene rings is 1. The summed E-state index contributed by atoms with van der Waals surface area (Å²) in [6.07, 6.45) is 0. The molecule has 2 rings (SSSR count). The molecule has 0 aliphatic rings. The van der Waals surface area contributed by atoms with Gasteiger partial charge in [0.2, 0.25) is 5.88 Å². The van der Waals surface area contributed by atoms with Crippen molar-refractivity contribution in [2.75, 3.05) is 7.05 Å². The number of pyridine rings is 1. The first kappa shape index (κ1) is 14.2. The Balaban J connectivity index is 2.25. The number of halogens is 3. The maximum absolute atomic E-state index is 13.2.